The molecule has 39 heavy (non-hydrogen) atoms. The maximum Gasteiger partial charge on any atom is 0.352 e. The zero-order valence-corrected chi connectivity index (χ0v) is 22.8. The number of aromatic carboxylic acids is 1. The molecule has 2 aromatic rings. The molecule has 3 fully saturated rings. The number of halogens is 1. The Morgan fingerprint density at radius 2 is 1.82 bits per heavy atom. The molecule has 2 aliphatic carbocycles. The predicted molar refractivity (Wildman–Crippen MR) is 148 cm³/mol. The number of aryl methyl sites for hydroxylation is 1. The Balaban J connectivity index is 1.36. The topological polar surface area (TPSA) is 129 Å². The monoisotopic (exact) mass is 540 g/mol. The van der Waals surface area contributed by atoms with E-state index in [1.54, 1.807) is 25.1 Å². The standard InChI is InChI=1S/C30H41FN4O4/c1-17-23-15-21(11-12-25(23)34-26(17)30(38)39)33-28(36)27-22(18-5-3-2-4-6-18)13-14-35(27)29(37)20-9-7-19(8-10-20)24(32)16-31/h11-12,15,18-20,22,24,27,34H,2-10,13-14,16,32H2,1H3,(H,33,36)(H,38,39)/t19-,20-,22-,24?,27-/m0/s1. The lowest BCUT2D eigenvalue weighted by Crippen LogP contribution is -2.50. The summed E-state index contributed by atoms with van der Waals surface area (Å²) < 4.78 is 13.1. The minimum absolute atomic E-state index is 0.0451. The van der Waals surface area contributed by atoms with E-state index < -0.39 is 24.7 Å². The lowest BCUT2D eigenvalue weighted by atomic mass is 9.76. The maximum atomic E-state index is 13.9. The number of amides is 2. The molecule has 1 aromatic heterocycles. The molecule has 2 heterocycles. The van der Waals surface area contributed by atoms with Gasteiger partial charge in [-0.15, -0.1) is 0 Å². The summed E-state index contributed by atoms with van der Waals surface area (Å²) in [6.45, 7) is 1.80. The number of benzene rings is 1. The number of fused-ring (bicyclic) bond motifs is 1. The van der Waals surface area contributed by atoms with Crippen LogP contribution >= 0.6 is 0 Å². The van der Waals surface area contributed by atoms with Crippen LogP contribution < -0.4 is 11.1 Å². The predicted octanol–water partition coefficient (Wildman–Crippen LogP) is 5.01. The second-order valence-electron chi connectivity index (χ2n) is 11.9. The number of rotatable bonds is 7. The van der Waals surface area contributed by atoms with Crippen LogP contribution in [0, 0.1) is 30.6 Å². The number of anilines is 1. The molecular formula is C30H41FN4O4. The molecular weight excluding hydrogens is 499 g/mol. The summed E-state index contributed by atoms with van der Waals surface area (Å²) in [7, 11) is 0. The molecule has 9 heteroatoms. The fourth-order valence-electron chi connectivity index (χ4n) is 7.44. The second-order valence-corrected chi connectivity index (χ2v) is 11.9. The van der Waals surface area contributed by atoms with Crippen LogP contribution in [0.1, 0.15) is 80.3 Å². The van der Waals surface area contributed by atoms with Gasteiger partial charge >= 0.3 is 5.97 Å². The van der Waals surface area contributed by atoms with Gasteiger partial charge in [0.2, 0.25) is 11.8 Å². The molecule has 1 unspecified atom stereocenters. The number of carboxylic acid groups (broad SMARTS) is 1. The minimum Gasteiger partial charge on any atom is -0.477 e. The van der Waals surface area contributed by atoms with Crippen LogP contribution in [-0.2, 0) is 9.59 Å². The van der Waals surface area contributed by atoms with Gasteiger partial charge in [-0.2, -0.15) is 0 Å². The van der Waals surface area contributed by atoms with Gasteiger partial charge in [-0.3, -0.25) is 9.59 Å². The molecule has 212 valence electrons. The molecule has 1 saturated heterocycles. The van der Waals surface area contributed by atoms with Crippen molar-refractivity contribution in [2.75, 3.05) is 18.5 Å². The van der Waals surface area contributed by atoms with E-state index >= 15 is 0 Å². The van der Waals surface area contributed by atoms with Crippen LogP contribution in [0.15, 0.2) is 18.2 Å². The van der Waals surface area contributed by atoms with E-state index in [1.165, 1.54) is 6.42 Å². The van der Waals surface area contributed by atoms with E-state index in [1.807, 2.05) is 4.90 Å². The van der Waals surface area contributed by atoms with Crippen LogP contribution in [0.4, 0.5) is 10.1 Å². The number of likely N-dealkylation sites (tertiary alicyclic amines) is 1. The summed E-state index contributed by atoms with van der Waals surface area (Å²) in [5.74, 6) is -0.633. The molecule has 2 saturated carbocycles. The molecule has 0 bridgehead atoms. The van der Waals surface area contributed by atoms with Gasteiger partial charge in [0.05, 0.1) is 0 Å². The molecule has 8 nitrogen and oxygen atoms in total. The van der Waals surface area contributed by atoms with Crippen molar-refractivity contribution in [2.24, 2.45) is 29.4 Å². The normalized spacial score (nSPS) is 27.0. The minimum atomic E-state index is -1.02. The summed E-state index contributed by atoms with van der Waals surface area (Å²) in [6.07, 6.45) is 9.42. The van der Waals surface area contributed by atoms with E-state index in [-0.39, 0.29) is 35.3 Å². The number of H-pyrrole nitrogens is 1. The van der Waals surface area contributed by atoms with Crippen molar-refractivity contribution in [2.45, 2.75) is 83.2 Å². The zero-order chi connectivity index (χ0) is 27.7. The fraction of sp³-hybridized carbons (Fsp3) is 0.633. The highest BCUT2D eigenvalue weighted by Gasteiger charge is 2.47. The van der Waals surface area contributed by atoms with E-state index in [9.17, 15) is 23.9 Å². The van der Waals surface area contributed by atoms with Crippen molar-refractivity contribution in [3.05, 3.63) is 29.5 Å². The van der Waals surface area contributed by atoms with Gasteiger partial charge in [0.15, 0.2) is 0 Å². The molecule has 5 N–H and O–H groups in total. The largest absolute Gasteiger partial charge is 0.477 e. The lowest BCUT2D eigenvalue weighted by molar-refractivity contribution is -0.142. The highest BCUT2D eigenvalue weighted by atomic mass is 19.1. The number of nitrogens with two attached hydrogens (primary N) is 1. The summed E-state index contributed by atoms with van der Waals surface area (Å²) in [5, 5.41) is 13.3. The number of aromatic nitrogens is 1. The van der Waals surface area contributed by atoms with Gasteiger partial charge in [0, 0.05) is 35.1 Å². The van der Waals surface area contributed by atoms with Crippen molar-refractivity contribution in [1.29, 1.82) is 0 Å². The number of hydrogen-bond acceptors (Lipinski definition) is 4. The Kier molecular flexibility index (Phi) is 8.26. The smallest absolute Gasteiger partial charge is 0.352 e. The number of nitrogens with zero attached hydrogens (tertiary/aromatic N) is 1. The number of carboxylic acids is 1. The maximum absolute atomic E-state index is 13.9. The van der Waals surface area contributed by atoms with Crippen LogP contribution in [0.25, 0.3) is 10.9 Å². The highest BCUT2D eigenvalue weighted by molar-refractivity contribution is 6.02. The van der Waals surface area contributed by atoms with Gasteiger partial charge in [-0.05, 0) is 80.5 Å². The third-order valence-electron chi connectivity index (χ3n) is 9.70. The van der Waals surface area contributed by atoms with Gasteiger partial charge < -0.3 is 26.0 Å². The third-order valence-corrected chi connectivity index (χ3v) is 9.70. The quantitative estimate of drug-likeness (QED) is 0.392. The number of aromatic amines is 1. The van der Waals surface area contributed by atoms with Gasteiger partial charge in [-0.25, -0.2) is 9.18 Å². The number of carbonyl (C=O) groups is 3. The van der Waals surface area contributed by atoms with Gasteiger partial charge in [-0.1, -0.05) is 32.1 Å². The van der Waals surface area contributed by atoms with E-state index in [2.05, 4.69) is 10.3 Å². The summed E-state index contributed by atoms with van der Waals surface area (Å²) >= 11 is 0. The highest BCUT2D eigenvalue weighted by Crippen LogP contribution is 2.41. The van der Waals surface area contributed by atoms with Crippen molar-refractivity contribution in [3.63, 3.8) is 0 Å². The number of carbonyl (C=O) groups excluding carboxylic acids is 2. The Morgan fingerprint density at radius 3 is 2.49 bits per heavy atom. The molecule has 0 radical (unpaired) electrons. The van der Waals surface area contributed by atoms with Crippen molar-refractivity contribution >= 4 is 34.4 Å². The Labute approximate surface area is 228 Å². The van der Waals surface area contributed by atoms with Crippen molar-refractivity contribution in [1.82, 2.24) is 9.88 Å². The zero-order valence-electron chi connectivity index (χ0n) is 22.8. The Hall–Kier alpha value is -2.94. The third kappa shape index (κ3) is 5.55. The first kappa shape index (κ1) is 27.6. The molecule has 2 amide bonds. The van der Waals surface area contributed by atoms with E-state index in [4.69, 9.17) is 5.73 Å². The number of nitrogens with one attached hydrogen (secondary N) is 2. The first-order valence-electron chi connectivity index (χ1n) is 14.6. The van der Waals surface area contributed by atoms with Crippen LogP contribution in [0.3, 0.4) is 0 Å². The average molecular weight is 541 g/mol. The van der Waals surface area contributed by atoms with Crippen LogP contribution in [0.2, 0.25) is 0 Å². The fourth-order valence-corrected chi connectivity index (χ4v) is 7.44. The first-order valence-corrected chi connectivity index (χ1v) is 14.6. The van der Waals surface area contributed by atoms with Crippen molar-refractivity contribution < 1.29 is 23.9 Å². The first-order chi connectivity index (χ1) is 18.8. The average Bonchev–Trinajstić information content (AvgIpc) is 3.54. The van der Waals surface area contributed by atoms with E-state index in [0.717, 1.165) is 50.3 Å². The second kappa shape index (κ2) is 11.7. The van der Waals surface area contributed by atoms with Gasteiger partial charge in [0.1, 0.15) is 18.4 Å². The molecule has 5 rings (SSSR count). The number of alkyl halides is 1. The van der Waals surface area contributed by atoms with Crippen LogP contribution in [-0.4, -0.2) is 58.1 Å². The molecule has 1 aromatic carbocycles. The number of hydrogen-bond donors (Lipinski definition) is 4. The van der Waals surface area contributed by atoms with Crippen LogP contribution in [0.5, 0.6) is 0 Å². The molecule has 3 aliphatic rings. The summed E-state index contributed by atoms with van der Waals surface area (Å²) in [4.78, 5) is 44.0. The van der Waals surface area contributed by atoms with Crippen molar-refractivity contribution in [3.8, 4) is 0 Å². The summed E-state index contributed by atoms with van der Waals surface area (Å²) in [5.41, 5.74) is 7.98. The Morgan fingerprint density at radius 1 is 1.10 bits per heavy atom. The lowest BCUT2D eigenvalue weighted by Gasteiger charge is -2.36. The van der Waals surface area contributed by atoms with Gasteiger partial charge in [0.25, 0.3) is 0 Å². The van der Waals surface area contributed by atoms with E-state index in [0.29, 0.717) is 42.1 Å². The molecule has 1 aliphatic heterocycles. The SMILES string of the molecule is Cc1c(C(=O)O)[nH]c2ccc(NC(=O)[C@@H]3[C@H](C4CCCCC4)CCN3C(=O)[C@H]3CC[C@H](C(N)CF)CC3)cc12. The summed E-state index contributed by atoms with van der Waals surface area (Å²) in [6, 6.07) is 4.37. The molecule has 0 spiro atoms. The Bertz CT molecular complexity index is 1220. The molecule has 3 atom stereocenters.